The van der Waals surface area contributed by atoms with Gasteiger partial charge in [-0.2, -0.15) is 0 Å². The Bertz CT molecular complexity index is 1730. The topological polar surface area (TPSA) is 114 Å². The fraction of sp³-hybridized carbons (Fsp3) is 0.787. The number of likely N-dealkylation sites (N-methyl/N-ethyl adjacent to an activating group) is 1. The molecule has 0 saturated carbocycles. The predicted octanol–water partition coefficient (Wildman–Crippen LogP) is 22.3. The number of nitrogens with one attached hydrogen (secondary N) is 1. The lowest BCUT2D eigenvalue weighted by Crippen LogP contribution is -2.47. The van der Waals surface area contributed by atoms with Crippen LogP contribution in [0.15, 0.2) is 85.1 Å². The number of nitrogens with zero attached hydrogens (tertiary/aromatic N) is 1. The second-order valence-electron chi connectivity index (χ2n) is 25.4. The first-order chi connectivity index (χ1) is 41.4. The van der Waals surface area contributed by atoms with E-state index in [0.717, 1.165) is 103 Å². The number of phosphoric ester groups is 1. The lowest BCUT2D eigenvalue weighted by atomic mass is 10.0. The fourth-order valence-electron chi connectivity index (χ4n) is 10.3. The Kier molecular flexibility index (Phi) is 62.1. The summed E-state index contributed by atoms with van der Waals surface area (Å²) in [5.74, 6) is -0.554. The zero-order chi connectivity index (χ0) is 62.1. The molecule has 494 valence electrons. The van der Waals surface area contributed by atoms with Gasteiger partial charge in [-0.3, -0.25) is 14.2 Å². The molecule has 0 spiro atoms. The molecular formula is C75H137N2O7P. The van der Waals surface area contributed by atoms with Gasteiger partial charge in [0.1, 0.15) is 19.3 Å². The van der Waals surface area contributed by atoms with Gasteiger partial charge in [0.05, 0.1) is 33.8 Å². The Balaban J connectivity index is 5.12. The first-order valence-corrected chi connectivity index (χ1v) is 37.4. The number of hydrogen-bond acceptors (Lipinski definition) is 7. The summed E-state index contributed by atoms with van der Waals surface area (Å²) >= 11 is 0. The summed E-state index contributed by atoms with van der Waals surface area (Å²) < 4.78 is 30.5. The summed E-state index contributed by atoms with van der Waals surface area (Å²) in [6, 6.07) is -0.903. The van der Waals surface area contributed by atoms with Gasteiger partial charge in [0.2, 0.25) is 5.91 Å². The molecule has 9 nitrogen and oxygen atoms in total. The molecule has 3 atom stereocenters. The molecule has 0 aromatic rings. The van der Waals surface area contributed by atoms with Crippen molar-refractivity contribution in [3.63, 3.8) is 0 Å². The van der Waals surface area contributed by atoms with E-state index in [0.29, 0.717) is 23.9 Å². The van der Waals surface area contributed by atoms with E-state index in [1.165, 1.54) is 186 Å². The van der Waals surface area contributed by atoms with Crippen molar-refractivity contribution in [3.05, 3.63) is 85.1 Å². The molecule has 1 N–H and O–H groups in total. The SMILES string of the molecule is CC/C=C\C/C=C\C/C=C\C/C=C\C/C=C\CCCCCCCC(=O)NC(COP(=O)([O-])OCC[N+](C)(C)C)C(/C=C/CCCCCCCCCCCCC)OC(=O)CCCCCCCCCCCCCCCCC/C=C/CCCCCCCC. The third kappa shape index (κ3) is 65.5. The number of allylic oxidation sites excluding steroid dienone is 13. The van der Waals surface area contributed by atoms with Crippen LogP contribution in [-0.2, 0) is 27.9 Å². The first kappa shape index (κ1) is 82.2. The number of carbonyl (C=O) groups excluding carboxylic acids is 2. The first-order valence-electron chi connectivity index (χ1n) is 35.9. The molecule has 0 aliphatic carbocycles. The summed E-state index contributed by atoms with van der Waals surface area (Å²) in [4.78, 5) is 40.2. The molecule has 0 radical (unpaired) electrons. The van der Waals surface area contributed by atoms with E-state index in [1.807, 2.05) is 33.3 Å². The van der Waals surface area contributed by atoms with E-state index in [4.69, 9.17) is 13.8 Å². The number of esters is 1. The molecule has 0 rings (SSSR count). The average molecular weight is 1210 g/mol. The van der Waals surface area contributed by atoms with Crippen molar-refractivity contribution in [1.29, 1.82) is 0 Å². The number of amides is 1. The zero-order valence-corrected chi connectivity index (χ0v) is 57.4. The minimum Gasteiger partial charge on any atom is -0.756 e. The van der Waals surface area contributed by atoms with Gasteiger partial charge in [0, 0.05) is 12.8 Å². The Labute approximate surface area is 526 Å². The highest BCUT2D eigenvalue weighted by molar-refractivity contribution is 7.45. The fourth-order valence-corrected chi connectivity index (χ4v) is 11.0. The van der Waals surface area contributed by atoms with Crippen LogP contribution in [0.5, 0.6) is 0 Å². The monoisotopic (exact) mass is 1210 g/mol. The van der Waals surface area contributed by atoms with Gasteiger partial charge in [-0.25, -0.2) is 0 Å². The van der Waals surface area contributed by atoms with E-state index in [2.05, 4.69) is 99.0 Å². The van der Waals surface area contributed by atoms with Crippen LogP contribution in [0.1, 0.15) is 329 Å². The molecule has 0 fully saturated rings. The highest BCUT2D eigenvalue weighted by Crippen LogP contribution is 2.38. The molecule has 0 saturated heterocycles. The minimum absolute atomic E-state index is 0.0286. The molecule has 85 heavy (non-hydrogen) atoms. The van der Waals surface area contributed by atoms with Gasteiger partial charge in [-0.15, -0.1) is 0 Å². The summed E-state index contributed by atoms with van der Waals surface area (Å²) in [7, 11) is 1.17. The average Bonchev–Trinajstić information content (AvgIpc) is 3.50. The number of hydrogen-bond donors (Lipinski definition) is 1. The third-order valence-corrected chi connectivity index (χ3v) is 16.8. The van der Waals surface area contributed by atoms with E-state index in [1.54, 1.807) is 0 Å². The molecule has 0 aromatic heterocycles. The van der Waals surface area contributed by atoms with E-state index in [9.17, 15) is 19.0 Å². The highest BCUT2D eigenvalue weighted by Gasteiger charge is 2.27. The van der Waals surface area contributed by atoms with Crippen molar-refractivity contribution in [2.75, 3.05) is 40.9 Å². The third-order valence-electron chi connectivity index (χ3n) is 15.8. The molecule has 0 aromatic carbocycles. The number of quaternary nitrogens is 1. The van der Waals surface area contributed by atoms with Crippen LogP contribution in [0, 0.1) is 0 Å². The van der Waals surface area contributed by atoms with Crippen LogP contribution in [0.2, 0.25) is 0 Å². The van der Waals surface area contributed by atoms with Crippen LogP contribution < -0.4 is 10.2 Å². The van der Waals surface area contributed by atoms with Gasteiger partial charge < -0.3 is 28.5 Å². The zero-order valence-electron chi connectivity index (χ0n) is 56.6. The van der Waals surface area contributed by atoms with Crippen molar-refractivity contribution in [2.45, 2.75) is 341 Å². The quantitative estimate of drug-likeness (QED) is 0.0212. The normalized spacial score (nSPS) is 14.0. The van der Waals surface area contributed by atoms with Crippen LogP contribution in [-0.4, -0.2) is 69.4 Å². The number of ether oxygens (including phenoxy) is 1. The maximum absolute atomic E-state index is 13.6. The molecule has 10 heteroatoms. The molecule has 0 aliphatic heterocycles. The van der Waals surface area contributed by atoms with Crippen molar-refractivity contribution >= 4 is 19.7 Å². The lowest BCUT2D eigenvalue weighted by molar-refractivity contribution is -0.870. The molecule has 0 aliphatic rings. The summed E-state index contributed by atoms with van der Waals surface area (Å²) in [5, 5.41) is 3.03. The van der Waals surface area contributed by atoms with E-state index >= 15 is 0 Å². The van der Waals surface area contributed by atoms with Gasteiger partial charge in [0.25, 0.3) is 7.82 Å². The maximum Gasteiger partial charge on any atom is 0.306 e. The van der Waals surface area contributed by atoms with Crippen LogP contribution >= 0.6 is 7.82 Å². The summed E-state index contributed by atoms with van der Waals surface area (Å²) in [5.41, 5.74) is 0. The van der Waals surface area contributed by atoms with Crippen LogP contribution in [0.3, 0.4) is 0 Å². The Hall–Kier alpha value is -2.81. The van der Waals surface area contributed by atoms with Crippen LogP contribution in [0.25, 0.3) is 0 Å². The Morgan fingerprint density at radius 2 is 0.753 bits per heavy atom. The smallest absolute Gasteiger partial charge is 0.306 e. The largest absolute Gasteiger partial charge is 0.756 e. The maximum atomic E-state index is 13.6. The highest BCUT2D eigenvalue weighted by atomic mass is 31.2. The van der Waals surface area contributed by atoms with E-state index < -0.39 is 26.6 Å². The number of phosphoric acid groups is 1. The van der Waals surface area contributed by atoms with Gasteiger partial charge in [-0.1, -0.05) is 299 Å². The van der Waals surface area contributed by atoms with Crippen molar-refractivity contribution in [2.24, 2.45) is 0 Å². The summed E-state index contributed by atoms with van der Waals surface area (Å²) in [6.45, 7) is 6.74. The van der Waals surface area contributed by atoms with Crippen molar-refractivity contribution in [1.82, 2.24) is 5.32 Å². The minimum atomic E-state index is -4.71. The second kappa shape index (κ2) is 64.2. The predicted molar refractivity (Wildman–Crippen MR) is 367 cm³/mol. The molecule has 0 heterocycles. The Morgan fingerprint density at radius 1 is 0.424 bits per heavy atom. The molecular weight excluding hydrogens is 1070 g/mol. The van der Waals surface area contributed by atoms with Gasteiger partial charge in [-0.05, 0) is 102 Å². The van der Waals surface area contributed by atoms with Crippen molar-refractivity contribution < 1.29 is 37.3 Å². The van der Waals surface area contributed by atoms with E-state index in [-0.39, 0.29) is 24.9 Å². The van der Waals surface area contributed by atoms with Crippen molar-refractivity contribution in [3.8, 4) is 0 Å². The number of unbranched alkanes of at least 4 members (excludes halogenated alkanes) is 37. The molecule has 1 amide bonds. The lowest BCUT2D eigenvalue weighted by Gasteiger charge is -2.30. The summed E-state index contributed by atoms with van der Waals surface area (Å²) in [6.07, 6.45) is 85.6. The molecule has 0 bridgehead atoms. The second-order valence-corrected chi connectivity index (χ2v) is 26.8. The Morgan fingerprint density at radius 3 is 1.14 bits per heavy atom. The number of rotatable bonds is 65. The van der Waals surface area contributed by atoms with Gasteiger partial charge in [0.15, 0.2) is 0 Å². The van der Waals surface area contributed by atoms with Gasteiger partial charge >= 0.3 is 5.97 Å². The standard InChI is InChI=1S/C75H137N2O7P/c1-7-10-13-16-19-22-25-28-30-32-34-36-37-38-39-41-43-45-47-50-53-56-59-62-65-68-75(79)84-73(66-63-60-57-54-51-48-27-24-21-18-15-12-9-3)72(71-83-85(80,81)82-70-69-77(4,5)6)76-74(78)67-64-61-58-55-52-49-46-44-42-40-35-33-31-29-26-23-20-17-14-11-8-2/h11,14,20,23,28-31,35,40,44,46,63,66,72-73H,7-10,12-13,15-19,21-22,24-27,32-34,36-39,41-43,45,47-62,64-65,67-71H2,1-6H3,(H-,76,78,80,81)/b14-11-,23-20-,30-28+,31-29-,40-35-,46-44-,66-63+. The number of carbonyl (C=O) groups is 2. The van der Waals surface area contributed by atoms with Crippen LogP contribution in [0.4, 0.5) is 0 Å². The molecule has 3 unspecified atom stereocenters.